The number of hydrogen-bond donors (Lipinski definition) is 2. The molecule has 0 heterocycles. The summed E-state index contributed by atoms with van der Waals surface area (Å²) in [7, 11) is 2.01. The highest BCUT2D eigenvalue weighted by Gasteiger charge is 2.05. The Morgan fingerprint density at radius 3 is 2.69 bits per heavy atom. The smallest absolute Gasteiger partial charge is 0.0381 e. The van der Waals surface area contributed by atoms with Gasteiger partial charge in [0.15, 0.2) is 0 Å². The van der Waals surface area contributed by atoms with Crippen LogP contribution in [-0.2, 0) is 0 Å². The first-order valence-electron chi connectivity index (χ1n) is 5.82. The van der Waals surface area contributed by atoms with Crippen LogP contribution in [0.15, 0.2) is 22.7 Å². The molecule has 1 unspecified atom stereocenters. The molecule has 1 aromatic rings. The van der Waals surface area contributed by atoms with Gasteiger partial charge >= 0.3 is 0 Å². The molecule has 0 aliphatic heterocycles. The first kappa shape index (κ1) is 13.5. The van der Waals surface area contributed by atoms with Gasteiger partial charge < -0.3 is 10.6 Å². The molecule has 1 aromatic carbocycles. The predicted octanol–water partition coefficient (Wildman–Crippen LogP) is 3.42. The van der Waals surface area contributed by atoms with Gasteiger partial charge in [-0.2, -0.15) is 0 Å². The molecular weight excluding hydrogens is 264 g/mol. The fourth-order valence-corrected chi connectivity index (χ4v) is 2.05. The average molecular weight is 285 g/mol. The maximum absolute atomic E-state index is 3.52. The summed E-state index contributed by atoms with van der Waals surface area (Å²) in [6, 6.07) is 6.35. The van der Waals surface area contributed by atoms with Crippen LogP contribution < -0.4 is 10.6 Å². The minimum absolute atomic E-state index is 0.684. The summed E-state index contributed by atoms with van der Waals surface area (Å²) in [5, 5.41) is 6.75. The Bertz CT molecular complexity index is 326. The van der Waals surface area contributed by atoms with E-state index in [2.05, 4.69) is 58.6 Å². The van der Waals surface area contributed by atoms with Gasteiger partial charge in [-0.05, 0) is 44.1 Å². The number of benzene rings is 1. The fraction of sp³-hybridized carbons (Fsp3) is 0.538. The molecule has 0 spiro atoms. The Balaban J connectivity index is 2.55. The summed E-state index contributed by atoms with van der Waals surface area (Å²) in [4.78, 5) is 0. The molecule has 0 aliphatic rings. The molecule has 0 saturated heterocycles. The van der Waals surface area contributed by atoms with E-state index in [0.29, 0.717) is 5.92 Å². The molecule has 0 aromatic heterocycles. The monoisotopic (exact) mass is 284 g/mol. The second-order valence-electron chi connectivity index (χ2n) is 4.17. The van der Waals surface area contributed by atoms with E-state index in [0.717, 1.165) is 17.6 Å². The normalized spacial score (nSPS) is 12.5. The zero-order valence-electron chi connectivity index (χ0n) is 10.3. The van der Waals surface area contributed by atoms with E-state index >= 15 is 0 Å². The van der Waals surface area contributed by atoms with Gasteiger partial charge in [-0.25, -0.2) is 0 Å². The van der Waals surface area contributed by atoms with Crippen molar-refractivity contribution in [2.45, 2.75) is 20.3 Å². The van der Waals surface area contributed by atoms with E-state index in [4.69, 9.17) is 0 Å². The molecule has 0 bridgehead atoms. The largest absolute Gasteiger partial charge is 0.384 e. The van der Waals surface area contributed by atoms with E-state index in [-0.39, 0.29) is 0 Å². The summed E-state index contributed by atoms with van der Waals surface area (Å²) >= 11 is 3.50. The summed E-state index contributed by atoms with van der Waals surface area (Å²) < 4.78 is 1.13. The van der Waals surface area contributed by atoms with Crippen molar-refractivity contribution in [2.75, 3.05) is 25.5 Å². The Morgan fingerprint density at radius 2 is 2.06 bits per heavy atom. The SMILES string of the molecule is CCC(CNC)CNc1cc(Br)ccc1C. The van der Waals surface area contributed by atoms with E-state index in [1.165, 1.54) is 17.7 Å². The maximum atomic E-state index is 3.52. The lowest BCUT2D eigenvalue weighted by Crippen LogP contribution is -2.25. The van der Waals surface area contributed by atoms with Gasteiger partial charge in [-0.1, -0.05) is 35.3 Å². The number of anilines is 1. The van der Waals surface area contributed by atoms with Crippen LogP contribution in [0.4, 0.5) is 5.69 Å². The number of hydrogen-bond acceptors (Lipinski definition) is 2. The summed E-state index contributed by atoms with van der Waals surface area (Å²) in [6.45, 7) is 6.45. The molecule has 2 nitrogen and oxygen atoms in total. The lowest BCUT2D eigenvalue weighted by molar-refractivity contribution is 0.506. The molecule has 90 valence electrons. The van der Waals surface area contributed by atoms with Crippen LogP contribution in [-0.4, -0.2) is 20.1 Å². The summed E-state index contributed by atoms with van der Waals surface area (Å²) in [5.41, 5.74) is 2.52. The third-order valence-electron chi connectivity index (χ3n) is 2.85. The number of halogens is 1. The van der Waals surface area contributed by atoms with Gasteiger partial charge in [0.25, 0.3) is 0 Å². The van der Waals surface area contributed by atoms with Crippen molar-refractivity contribution in [1.29, 1.82) is 0 Å². The number of nitrogens with one attached hydrogen (secondary N) is 2. The van der Waals surface area contributed by atoms with Crippen molar-refractivity contribution in [3.05, 3.63) is 28.2 Å². The molecular formula is C13H21BrN2. The second-order valence-corrected chi connectivity index (χ2v) is 5.09. The summed E-state index contributed by atoms with van der Waals surface area (Å²) in [5.74, 6) is 0.684. The summed E-state index contributed by atoms with van der Waals surface area (Å²) in [6.07, 6.45) is 1.20. The van der Waals surface area contributed by atoms with E-state index < -0.39 is 0 Å². The van der Waals surface area contributed by atoms with Crippen LogP contribution in [0, 0.1) is 12.8 Å². The fourth-order valence-electron chi connectivity index (χ4n) is 1.69. The highest BCUT2D eigenvalue weighted by molar-refractivity contribution is 9.10. The Kier molecular flexibility index (Phi) is 5.85. The lowest BCUT2D eigenvalue weighted by atomic mass is 10.1. The minimum atomic E-state index is 0.684. The van der Waals surface area contributed by atoms with Gasteiger partial charge in [0.1, 0.15) is 0 Å². The molecule has 1 rings (SSSR count). The molecule has 0 aliphatic carbocycles. The molecule has 2 N–H and O–H groups in total. The molecule has 0 fully saturated rings. The van der Waals surface area contributed by atoms with E-state index in [1.807, 2.05) is 7.05 Å². The van der Waals surface area contributed by atoms with Crippen LogP contribution >= 0.6 is 15.9 Å². The lowest BCUT2D eigenvalue weighted by Gasteiger charge is -2.17. The van der Waals surface area contributed by atoms with Crippen molar-refractivity contribution >= 4 is 21.6 Å². The Hall–Kier alpha value is -0.540. The van der Waals surface area contributed by atoms with Crippen LogP contribution in [0.2, 0.25) is 0 Å². The van der Waals surface area contributed by atoms with Gasteiger partial charge in [0.2, 0.25) is 0 Å². The van der Waals surface area contributed by atoms with Crippen LogP contribution in [0.25, 0.3) is 0 Å². The van der Waals surface area contributed by atoms with Crippen molar-refractivity contribution in [2.24, 2.45) is 5.92 Å². The molecule has 3 heteroatoms. The predicted molar refractivity (Wildman–Crippen MR) is 75.1 cm³/mol. The van der Waals surface area contributed by atoms with Gasteiger partial charge in [0.05, 0.1) is 0 Å². The quantitative estimate of drug-likeness (QED) is 0.837. The van der Waals surface area contributed by atoms with Crippen molar-refractivity contribution < 1.29 is 0 Å². The van der Waals surface area contributed by atoms with E-state index in [9.17, 15) is 0 Å². The molecule has 1 atom stereocenters. The van der Waals surface area contributed by atoms with Crippen LogP contribution in [0.5, 0.6) is 0 Å². The standard InChI is InChI=1S/C13H21BrN2/c1-4-11(8-15-3)9-16-13-7-12(14)6-5-10(13)2/h5-7,11,15-16H,4,8-9H2,1-3H3. The zero-order valence-corrected chi connectivity index (χ0v) is 11.9. The molecule has 0 amide bonds. The highest BCUT2D eigenvalue weighted by Crippen LogP contribution is 2.21. The number of rotatable bonds is 6. The van der Waals surface area contributed by atoms with Crippen molar-refractivity contribution in [3.8, 4) is 0 Å². The average Bonchev–Trinajstić information content (AvgIpc) is 2.28. The molecule has 0 saturated carbocycles. The third kappa shape index (κ3) is 4.14. The first-order chi connectivity index (χ1) is 7.67. The van der Waals surface area contributed by atoms with Crippen molar-refractivity contribution in [3.63, 3.8) is 0 Å². The Morgan fingerprint density at radius 1 is 1.31 bits per heavy atom. The van der Waals surface area contributed by atoms with Crippen molar-refractivity contribution in [1.82, 2.24) is 5.32 Å². The van der Waals surface area contributed by atoms with Gasteiger partial charge in [0, 0.05) is 16.7 Å². The van der Waals surface area contributed by atoms with E-state index in [1.54, 1.807) is 0 Å². The zero-order chi connectivity index (χ0) is 12.0. The van der Waals surface area contributed by atoms with Gasteiger partial charge in [-0.15, -0.1) is 0 Å². The maximum Gasteiger partial charge on any atom is 0.0381 e. The minimum Gasteiger partial charge on any atom is -0.384 e. The van der Waals surface area contributed by atoms with Crippen LogP contribution in [0.3, 0.4) is 0 Å². The number of aryl methyl sites for hydroxylation is 1. The molecule has 16 heavy (non-hydrogen) atoms. The second kappa shape index (κ2) is 6.92. The van der Waals surface area contributed by atoms with Crippen LogP contribution in [0.1, 0.15) is 18.9 Å². The van der Waals surface area contributed by atoms with Gasteiger partial charge in [-0.3, -0.25) is 0 Å². The highest BCUT2D eigenvalue weighted by atomic mass is 79.9. The third-order valence-corrected chi connectivity index (χ3v) is 3.34. The topological polar surface area (TPSA) is 24.1 Å². The Labute approximate surface area is 107 Å². The molecule has 0 radical (unpaired) electrons. The first-order valence-corrected chi connectivity index (χ1v) is 6.61.